The Morgan fingerprint density at radius 3 is 2.96 bits per heavy atom. The first kappa shape index (κ1) is 16.7. The van der Waals surface area contributed by atoms with Gasteiger partial charge in [-0.15, -0.1) is 0 Å². The Labute approximate surface area is 143 Å². The van der Waals surface area contributed by atoms with Crippen LogP contribution < -0.4 is 10.2 Å². The first-order chi connectivity index (χ1) is 11.7. The molecule has 5 heteroatoms. The summed E-state index contributed by atoms with van der Waals surface area (Å²) >= 11 is 0. The van der Waals surface area contributed by atoms with Crippen LogP contribution >= 0.6 is 0 Å². The van der Waals surface area contributed by atoms with Gasteiger partial charge in [-0.05, 0) is 38.3 Å². The molecule has 2 heterocycles. The van der Waals surface area contributed by atoms with Gasteiger partial charge in [0.2, 0.25) is 0 Å². The van der Waals surface area contributed by atoms with Gasteiger partial charge in [-0.1, -0.05) is 18.2 Å². The average Bonchev–Trinajstić information content (AvgIpc) is 3.11. The van der Waals surface area contributed by atoms with Gasteiger partial charge in [-0.3, -0.25) is 4.79 Å². The first-order valence-corrected chi connectivity index (χ1v) is 8.97. The van der Waals surface area contributed by atoms with Gasteiger partial charge in [0.25, 0.3) is 5.91 Å². The van der Waals surface area contributed by atoms with Crippen molar-refractivity contribution in [3.63, 3.8) is 0 Å². The summed E-state index contributed by atoms with van der Waals surface area (Å²) in [6.45, 7) is 5.49. The fourth-order valence-corrected chi connectivity index (χ4v) is 3.41. The molecule has 24 heavy (non-hydrogen) atoms. The minimum absolute atomic E-state index is 0.0427. The predicted molar refractivity (Wildman–Crippen MR) is 94.5 cm³/mol. The van der Waals surface area contributed by atoms with Crippen LogP contribution in [0.3, 0.4) is 0 Å². The zero-order chi connectivity index (χ0) is 16.8. The first-order valence-electron chi connectivity index (χ1n) is 8.97. The van der Waals surface area contributed by atoms with Crippen LogP contribution in [0.2, 0.25) is 0 Å². The largest absolute Gasteiger partial charge is 0.352 e. The highest BCUT2D eigenvalue weighted by molar-refractivity contribution is 5.93. The van der Waals surface area contributed by atoms with Crippen LogP contribution in [0.15, 0.2) is 42.7 Å². The number of carbonyl (C=O) groups excluding carboxylic acids is 1. The summed E-state index contributed by atoms with van der Waals surface area (Å²) in [6, 6.07) is 10.6. The molecule has 1 saturated heterocycles. The summed E-state index contributed by atoms with van der Waals surface area (Å²) in [5.41, 5.74) is 1.57. The topological polar surface area (TPSA) is 51.4 Å². The lowest BCUT2D eigenvalue weighted by Gasteiger charge is -2.30. The zero-order valence-electron chi connectivity index (χ0n) is 14.4. The molecule has 5 nitrogen and oxygen atoms in total. The highest BCUT2D eigenvalue weighted by Crippen LogP contribution is 2.07. The molecule has 128 valence electrons. The van der Waals surface area contributed by atoms with Gasteiger partial charge >= 0.3 is 0 Å². The monoisotopic (exact) mass is 327 g/mol. The molecule has 1 amide bonds. The van der Waals surface area contributed by atoms with E-state index in [-0.39, 0.29) is 5.91 Å². The number of piperidine rings is 1. The van der Waals surface area contributed by atoms with Crippen LogP contribution in [-0.2, 0) is 0 Å². The summed E-state index contributed by atoms with van der Waals surface area (Å²) in [5, 5.41) is 7.28. The SMILES string of the molecule is C[C@H]1CCCC[NH+]1CCCNC(=O)c1cnn(-c2ccccc2)c1. The molecule has 1 fully saturated rings. The van der Waals surface area contributed by atoms with Crippen molar-refractivity contribution in [3.8, 4) is 5.69 Å². The van der Waals surface area contributed by atoms with Crippen molar-refractivity contribution < 1.29 is 9.69 Å². The zero-order valence-corrected chi connectivity index (χ0v) is 14.4. The van der Waals surface area contributed by atoms with E-state index in [1.54, 1.807) is 22.0 Å². The molecule has 0 radical (unpaired) electrons. The maximum Gasteiger partial charge on any atom is 0.254 e. The van der Waals surface area contributed by atoms with Crippen LogP contribution in [0.5, 0.6) is 0 Å². The lowest BCUT2D eigenvalue weighted by molar-refractivity contribution is -0.928. The molecule has 2 atom stereocenters. The molecule has 1 aliphatic rings. The van der Waals surface area contributed by atoms with Gasteiger partial charge in [-0.25, -0.2) is 4.68 Å². The number of likely N-dealkylation sites (tertiary alicyclic amines) is 1. The molecule has 3 rings (SSSR count). The molecule has 2 N–H and O–H groups in total. The van der Waals surface area contributed by atoms with Crippen molar-refractivity contribution in [3.05, 3.63) is 48.3 Å². The number of para-hydroxylation sites is 1. The van der Waals surface area contributed by atoms with Gasteiger partial charge in [-0.2, -0.15) is 5.10 Å². The standard InChI is InChI=1S/C19H26N4O/c1-16-8-5-6-12-22(16)13-7-11-20-19(24)17-14-21-23(15-17)18-9-3-2-4-10-18/h2-4,9-10,14-16H,5-8,11-13H2,1H3,(H,20,24)/p+1/t16-/m0/s1. The summed E-state index contributed by atoms with van der Waals surface area (Å²) in [7, 11) is 0. The van der Waals surface area contributed by atoms with Crippen LogP contribution in [0.1, 0.15) is 43.0 Å². The quantitative estimate of drug-likeness (QED) is 0.789. The van der Waals surface area contributed by atoms with Gasteiger partial charge in [0.1, 0.15) is 0 Å². The highest BCUT2D eigenvalue weighted by atomic mass is 16.1. The van der Waals surface area contributed by atoms with E-state index in [2.05, 4.69) is 17.3 Å². The van der Waals surface area contributed by atoms with Crippen molar-refractivity contribution in [1.82, 2.24) is 15.1 Å². The highest BCUT2D eigenvalue weighted by Gasteiger charge is 2.21. The van der Waals surface area contributed by atoms with E-state index < -0.39 is 0 Å². The van der Waals surface area contributed by atoms with Crippen molar-refractivity contribution in [2.75, 3.05) is 19.6 Å². The maximum atomic E-state index is 12.2. The van der Waals surface area contributed by atoms with Gasteiger partial charge in [0.05, 0.1) is 36.6 Å². The van der Waals surface area contributed by atoms with E-state index in [0.29, 0.717) is 5.56 Å². The number of hydrogen-bond acceptors (Lipinski definition) is 2. The Hall–Kier alpha value is -2.14. The summed E-state index contributed by atoms with van der Waals surface area (Å²) in [6.07, 6.45) is 8.47. The third-order valence-corrected chi connectivity index (χ3v) is 4.91. The molecule has 1 aromatic carbocycles. The fourth-order valence-electron chi connectivity index (χ4n) is 3.41. The van der Waals surface area contributed by atoms with E-state index in [4.69, 9.17) is 0 Å². The number of aromatic nitrogens is 2. The van der Waals surface area contributed by atoms with Crippen molar-refractivity contribution in [1.29, 1.82) is 0 Å². The Morgan fingerprint density at radius 1 is 1.33 bits per heavy atom. The van der Waals surface area contributed by atoms with Crippen molar-refractivity contribution >= 4 is 5.91 Å². The van der Waals surface area contributed by atoms with E-state index in [1.807, 2.05) is 30.3 Å². The second kappa shape index (κ2) is 8.11. The number of carbonyl (C=O) groups is 1. The molecule has 1 unspecified atom stereocenters. The molecule has 1 aromatic heterocycles. The molecule has 2 aromatic rings. The van der Waals surface area contributed by atoms with E-state index >= 15 is 0 Å². The van der Waals surface area contributed by atoms with Crippen molar-refractivity contribution in [2.45, 2.75) is 38.6 Å². The Balaban J connectivity index is 1.45. The van der Waals surface area contributed by atoms with Gasteiger partial charge in [0.15, 0.2) is 0 Å². The summed E-state index contributed by atoms with van der Waals surface area (Å²) < 4.78 is 1.73. The minimum Gasteiger partial charge on any atom is -0.352 e. The second-order valence-electron chi connectivity index (χ2n) is 6.67. The summed E-state index contributed by atoms with van der Waals surface area (Å²) in [4.78, 5) is 13.9. The molecule has 1 aliphatic heterocycles. The average molecular weight is 327 g/mol. The molecule has 0 aliphatic carbocycles. The molecule has 0 bridgehead atoms. The van der Waals surface area contributed by atoms with Crippen LogP contribution in [0.25, 0.3) is 5.69 Å². The minimum atomic E-state index is -0.0427. The number of nitrogens with one attached hydrogen (secondary N) is 2. The number of hydrogen-bond donors (Lipinski definition) is 2. The smallest absolute Gasteiger partial charge is 0.254 e. The normalized spacial score (nSPS) is 20.7. The van der Waals surface area contributed by atoms with Crippen LogP contribution in [0.4, 0.5) is 0 Å². The van der Waals surface area contributed by atoms with E-state index in [1.165, 1.54) is 25.8 Å². The number of rotatable bonds is 6. The third kappa shape index (κ3) is 4.23. The lowest BCUT2D eigenvalue weighted by atomic mass is 10.0. The Kier molecular flexibility index (Phi) is 5.64. The van der Waals surface area contributed by atoms with E-state index in [9.17, 15) is 4.79 Å². The van der Waals surface area contributed by atoms with Gasteiger partial charge < -0.3 is 10.2 Å². The number of amides is 1. The maximum absolute atomic E-state index is 12.2. The molecular weight excluding hydrogens is 300 g/mol. The molecular formula is C19H27N4O+. The van der Waals surface area contributed by atoms with Crippen LogP contribution in [-0.4, -0.2) is 41.4 Å². The number of quaternary nitrogens is 1. The Bertz CT molecular complexity index is 652. The summed E-state index contributed by atoms with van der Waals surface area (Å²) in [5.74, 6) is -0.0427. The number of benzene rings is 1. The Morgan fingerprint density at radius 2 is 2.17 bits per heavy atom. The van der Waals surface area contributed by atoms with E-state index in [0.717, 1.165) is 31.2 Å². The predicted octanol–water partition coefficient (Wildman–Crippen LogP) is 1.45. The van der Waals surface area contributed by atoms with Gasteiger partial charge in [0, 0.05) is 19.2 Å². The van der Waals surface area contributed by atoms with Crippen molar-refractivity contribution in [2.24, 2.45) is 0 Å². The molecule has 0 saturated carbocycles. The number of nitrogens with zero attached hydrogens (tertiary/aromatic N) is 2. The lowest BCUT2D eigenvalue weighted by Crippen LogP contribution is -3.16. The fraction of sp³-hybridized carbons (Fsp3) is 0.474. The molecule has 0 spiro atoms. The van der Waals surface area contributed by atoms with Crippen LogP contribution in [0, 0.1) is 0 Å². The third-order valence-electron chi connectivity index (χ3n) is 4.91. The second-order valence-corrected chi connectivity index (χ2v) is 6.67.